The van der Waals surface area contributed by atoms with Gasteiger partial charge in [0.2, 0.25) is 5.78 Å². The molecule has 26 heavy (non-hydrogen) atoms. The van der Waals surface area contributed by atoms with Crippen molar-refractivity contribution >= 4 is 45.5 Å². The van der Waals surface area contributed by atoms with Gasteiger partial charge in [-0.05, 0) is 47.0 Å². The molecule has 2 unspecified atom stereocenters. The minimum absolute atomic E-state index is 0.174. The van der Waals surface area contributed by atoms with E-state index >= 15 is 0 Å². The van der Waals surface area contributed by atoms with Crippen LogP contribution >= 0.6 is 11.3 Å². The van der Waals surface area contributed by atoms with E-state index in [-0.39, 0.29) is 12.2 Å². The van der Waals surface area contributed by atoms with Crippen molar-refractivity contribution in [1.82, 2.24) is 9.97 Å². The van der Waals surface area contributed by atoms with Crippen LogP contribution in [0.15, 0.2) is 41.4 Å². The Bertz CT molecular complexity index is 993. The second kappa shape index (κ2) is 6.49. The first kappa shape index (κ1) is 16.7. The predicted octanol–water partition coefficient (Wildman–Crippen LogP) is 3.27. The summed E-state index contributed by atoms with van der Waals surface area (Å²) in [7, 11) is 0. The molecule has 1 fully saturated rings. The normalized spacial score (nSPS) is 20.3. The number of anilines is 1. The van der Waals surface area contributed by atoms with Crippen LogP contribution in [-0.4, -0.2) is 27.4 Å². The van der Waals surface area contributed by atoms with E-state index in [1.807, 2.05) is 23.8 Å². The molecule has 3 aromatic rings. The van der Waals surface area contributed by atoms with Crippen molar-refractivity contribution < 1.29 is 14.4 Å². The molecule has 0 bridgehead atoms. The molecule has 1 saturated heterocycles. The molecule has 4 rings (SSSR count). The van der Waals surface area contributed by atoms with E-state index in [2.05, 4.69) is 9.97 Å². The summed E-state index contributed by atoms with van der Waals surface area (Å²) in [5.41, 5.74) is 2.95. The molecule has 1 aromatic carbocycles. The lowest BCUT2D eigenvalue weighted by Gasteiger charge is -2.26. The van der Waals surface area contributed by atoms with Crippen LogP contribution in [0.2, 0.25) is 0 Å². The van der Waals surface area contributed by atoms with Crippen molar-refractivity contribution in [1.29, 1.82) is 0 Å². The number of ketones is 2. The Morgan fingerprint density at radius 1 is 1.31 bits per heavy atom. The molecular weight excluding hydrogens is 350 g/mol. The van der Waals surface area contributed by atoms with E-state index < -0.39 is 23.7 Å². The largest absolute Gasteiger partial charge is 0.345 e. The maximum Gasteiger partial charge on any atom is 0.295 e. The number of fused-ring (bicyclic) bond motifs is 1. The molecule has 1 N–H and O–H groups in total. The Balaban J connectivity index is 1.84. The lowest BCUT2D eigenvalue weighted by Crippen LogP contribution is -2.30. The van der Waals surface area contributed by atoms with E-state index in [1.54, 1.807) is 24.5 Å². The van der Waals surface area contributed by atoms with Gasteiger partial charge in [-0.1, -0.05) is 6.92 Å². The van der Waals surface area contributed by atoms with Crippen LogP contribution in [0, 0.1) is 5.92 Å². The highest BCUT2D eigenvalue weighted by Gasteiger charge is 2.51. The van der Waals surface area contributed by atoms with Gasteiger partial charge in [-0.25, -0.2) is 4.98 Å². The highest BCUT2D eigenvalue weighted by atomic mass is 32.1. The first-order chi connectivity index (χ1) is 12.6. The fraction of sp³-hybridized carbons (Fsp3) is 0.263. The fourth-order valence-corrected chi connectivity index (χ4v) is 4.22. The number of hydrogen-bond acceptors (Lipinski definition) is 5. The molecule has 1 amide bonds. The van der Waals surface area contributed by atoms with Crippen LogP contribution in [0.3, 0.4) is 0 Å². The molecule has 7 heteroatoms. The number of carbonyl (C=O) groups excluding carboxylic acids is 3. The maximum atomic E-state index is 12.8. The summed E-state index contributed by atoms with van der Waals surface area (Å²) in [6, 6.07) is 6.63. The number of rotatable bonds is 5. The van der Waals surface area contributed by atoms with Crippen molar-refractivity contribution in [2.75, 3.05) is 4.90 Å². The standard InChI is InChI=1S/C19H17N3O3S/c1-2-3-15(23)16-17(11-6-7-26-9-11)22(19(25)18(16)24)12-4-5-13-14(8-12)21-10-20-13/h4-10,16-17H,2-3H2,1H3,(H,20,21). The fourth-order valence-electron chi connectivity index (χ4n) is 3.53. The quantitative estimate of drug-likeness (QED) is 0.554. The second-order valence-electron chi connectivity index (χ2n) is 6.34. The molecule has 0 spiro atoms. The van der Waals surface area contributed by atoms with Crippen LogP contribution in [0.1, 0.15) is 31.4 Å². The van der Waals surface area contributed by atoms with Crippen LogP contribution in [0.4, 0.5) is 5.69 Å². The molecule has 0 aliphatic carbocycles. The minimum atomic E-state index is -0.950. The molecule has 2 aromatic heterocycles. The van der Waals surface area contributed by atoms with Crippen LogP contribution in [0.5, 0.6) is 0 Å². The maximum absolute atomic E-state index is 12.8. The predicted molar refractivity (Wildman–Crippen MR) is 99.1 cm³/mol. The highest BCUT2D eigenvalue weighted by molar-refractivity contribution is 7.08. The zero-order chi connectivity index (χ0) is 18.3. The first-order valence-electron chi connectivity index (χ1n) is 8.47. The van der Waals surface area contributed by atoms with Crippen LogP contribution in [0.25, 0.3) is 11.0 Å². The minimum Gasteiger partial charge on any atom is -0.345 e. The number of amides is 1. The summed E-state index contributed by atoms with van der Waals surface area (Å²) in [5.74, 6) is -2.37. The number of H-pyrrole nitrogens is 1. The Hall–Kier alpha value is -2.80. The van der Waals surface area contributed by atoms with Gasteiger partial charge in [0.15, 0.2) is 0 Å². The average Bonchev–Trinajstić information content (AvgIpc) is 3.35. The molecule has 2 atom stereocenters. The molecule has 0 radical (unpaired) electrons. The van der Waals surface area contributed by atoms with Crippen molar-refractivity contribution in [2.45, 2.75) is 25.8 Å². The number of aromatic amines is 1. The average molecular weight is 367 g/mol. The number of Topliss-reactive ketones (excluding diaryl/α,β-unsaturated/α-hetero) is 2. The lowest BCUT2D eigenvalue weighted by atomic mass is 9.88. The SMILES string of the molecule is CCCC(=O)C1C(=O)C(=O)N(c2ccc3nc[nH]c3c2)C1c1ccsc1. The highest BCUT2D eigenvalue weighted by Crippen LogP contribution is 2.41. The summed E-state index contributed by atoms with van der Waals surface area (Å²) >= 11 is 1.48. The Morgan fingerprint density at radius 3 is 2.88 bits per heavy atom. The van der Waals surface area contributed by atoms with Crippen molar-refractivity contribution in [3.8, 4) is 0 Å². The number of benzene rings is 1. The zero-order valence-corrected chi connectivity index (χ0v) is 15.0. The molecule has 0 saturated carbocycles. The summed E-state index contributed by atoms with van der Waals surface area (Å²) in [4.78, 5) is 46.8. The number of aromatic nitrogens is 2. The number of thiophene rings is 1. The van der Waals surface area contributed by atoms with Gasteiger partial charge in [0.1, 0.15) is 11.7 Å². The molecule has 6 nitrogen and oxygen atoms in total. The van der Waals surface area contributed by atoms with Crippen LogP contribution in [-0.2, 0) is 14.4 Å². The molecule has 3 heterocycles. The topological polar surface area (TPSA) is 83.1 Å². The van der Waals surface area contributed by atoms with E-state index in [0.29, 0.717) is 12.1 Å². The third-order valence-corrected chi connectivity index (χ3v) is 5.42. The third-order valence-electron chi connectivity index (χ3n) is 4.72. The second-order valence-corrected chi connectivity index (χ2v) is 7.12. The van der Waals surface area contributed by atoms with Gasteiger partial charge in [-0.2, -0.15) is 11.3 Å². The summed E-state index contributed by atoms with van der Waals surface area (Å²) in [6.45, 7) is 1.89. The number of hydrogen-bond donors (Lipinski definition) is 1. The van der Waals surface area contributed by atoms with E-state index in [1.165, 1.54) is 16.2 Å². The van der Waals surface area contributed by atoms with E-state index in [4.69, 9.17) is 0 Å². The van der Waals surface area contributed by atoms with E-state index in [9.17, 15) is 14.4 Å². The van der Waals surface area contributed by atoms with Gasteiger partial charge in [0.05, 0.1) is 23.4 Å². The van der Waals surface area contributed by atoms with Gasteiger partial charge in [0, 0.05) is 12.1 Å². The first-order valence-corrected chi connectivity index (χ1v) is 9.41. The number of nitrogens with zero attached hydrogens (tertiary/aromatic N) is 2. The van der Waals surface area contributed by atoms with Gasteiger partial charge >= 0.3 is 0 Å². The number of nitrogens with one attached hydrogen (secondary N) is 1. The lowest BCUT2D eigenvalue weighted by molar-refractivity contribution is -0.139. The molecule has 132 valence electrons. The molecular formula is C19H17N3O3S. The summed E-state index contributed by atoms with van der Waals surface area (Å²) < 4.78 is 0. The summed E-state index contributed by atoms with van der Waals surface area (Å²) in [5, 5.41) is 3.78. The van der Waals surface area contributed by atoms with Crippen molar-refractivity contribution in [3.05, 3.63) is 46.9 Å². The van der Waals surface area contributed by atoms with Gasteiger partial charge in [-0.15, -0.1) is 0 Å². The number of imidazole rings is 1. The number of carbonyl (C=O) groups is 3. The van der Waals surface area contributed by atoms with Gasteiger partial charge < -0.3 is 4.98 Å². The summed E-state index contributed by atoms with van der Waals surface area (Å²) in [6.07, 6.45) is 2.51. The van der Waals surface area contributed by atoms with Gasteiger partial charge in [0.25, 0.3) is 5.91 Å². The monoisotopic (exact) mass is 367 g/mol. The van der Waals surface area contributed by atoms with Crippen molar-refractivity contribution in [2.24, 2.45) is 5.92 Å². The van der Waals surface area contributed by atoms with Crippen molar-refractivity contribution in [3.63, 3.8) is 0 Å². The van der Waals surface area contributed by atoms with E-state index in [0.717, 1.165) is 16.6 Å². The molecule has 1 aliphatic heterocycles. The Labute approximate surface area is 153 Å². The Morgan fingerprint density at radius 2 is 2.15 bits per heavy atom. The molecule has 1 aliphatic rings. The zero-order valence-electron chi connectivity index (χ0n) is 14.1. The smallest absolute Gasteiger partial charge is 0.295 e. The third kappa shape index (κ3) is 2.55. The van der Waals surface area contributed by atoms with Gasteiger partial charge in [-0.3, -0.25) is 19.3 Å². The van der Waals surface area contributed by atoms with Crippen LogP contribution < -0.4 is 4.90 Å². The Kier molecular flexibility index (Phi) is 4.16.